The van der Waals surface area contributed by atoms with Crippen LogP contribution < -0.4 is 14.4 Å². The molecule has 0 saturated carbocycles. The maximum absolute atomic E-state index is 12.7. The molecule has 4 aromatic rings. The van der Waals surface area contributed by atoms with E-state index in [1.54, 1.807) is 36.5 Å². The third kappa shape index (κ3) is 5.44. The number of nitrogens with zero attached hydrogens (tertiary/aromatic N) is 3. The summed E-state index contributed by atoms with van der Waals surface area (Å²) >= 11 is 6.15. The Morgan fingerprint density at radius 1 is 0.974 bits per heavy atom. The Kier molecular flexibility index (Phi) is 7.23. The fourth-order valence-corrected chi connectivity index (χ4v) is 5.13. The molecule has 5 rings (SSSR count). The van der Waals surface area contributed by atoms with E-state index in [2.05, 4.69) is 19.5 Å². The van der Waals surface area contributed by atoms with Gasteiger partial charge in [0.05, 0.1) is 18.7 Å². The lowest BCUT2D eigenvalue weighted by Crippen LogP contribution is -2.48. The topological polar surface area (TPSA) is 58.1 Å². The lowest BCUT2D eigenvalue weighted by atomic mass is 9.95. The van der Waals surface area contributed by atoms with E-state index in [-0.39, 0.29) is 11.5 Å². The lowest BCUT2D eigenvalue weighted by Gasteiger charge is -2.41. The summed E-state index contributed by atoms with van der Waals surface area (Å²) in [6, 6.07) is 18.2. The van der Waals surface area contributed by atoms with Crippen LogP contribution in [0, 0.1) is 0 Å². The molecule has 0 amide bonds. The molecule has 6 nitrogen and oxygen atoms in total. The molecule has 0 bridgehead atoms. The van der Waals surface area contributed by atoms with Crippen LogP contribution in [-0.2, 0) is 0 Å². The summed E-state index contributed by atoms with van der Waals surface area (Å²) in [7, 11) is 1.47. The first-order valence-corrected chi connectivity index (χ1v) is 12.4. The van der Waals surface area contributed by atoms with Gasteiger partial charge >= 0.3 is 6.36 Å². The van der Waals surface area contributed by atoms with E-state index in [4.69, 9.17) is 16.3 Å². The first-order valence-electron chi connectivity index (χ1n) is 12.0. The lowest BCUT2D eigenvalue weighted by molar-refractivity contribution is -0.274. The van der Waals surface area contributed by atoms with Gasteiger partial charge in [-0.1, -0.05) is 35.9 Å². The smallest absolute Gasteiger partial charge is 0.504 e. The number of rotatable bonds is 6. The summed E-state index contributed by atoms with van der Waals surface area (Å²) in [5.41, 5.74) is 3.20. The van der Waals surface area contributed by atoms with E-state index in [9.17, 15) is 18.3 Å². The van der Waals surface area contributed by atoms with Gasteiger partial charge in [-0.3, -0.25) is 9.88 Å². The van der Waals surface area contributed by atoms with Gasteiger partial charge in [0, 0.05) is 54.0 Å². The molecule has 3 aromatic carbocycles. The van der Waals surface area contributed by atoms with E-state index in [0.717, 1.165) is 22.2 Å². The summed E-state index contributed by atoms with van der Waals surface area (Å²) in [6.07, 6.45) is -3.01. The summed E-state index contributed by atoms with van der Waals surface area (Å²) < 4.78 is 47.5. The Morgan fingerprint density at radius 3 is 2.39 bits per heavy atom. The molecule has 1 aliphatic rings. The fourth-order valence-electron chi connectivity index (χ4n) is 4.97. The monoisotopic (exact) mass is 543 g/mol. The Bertz CT molecular complexity index is 1420. The van der Waals surface area contributed by atoms with E-state index in [1.165, 1.54) is 19.2 Å². The number of methoxy groups -OCH3 is 1. The van der Waals surface area contributed by atoms with Crippen LogP contribution in [0.2, 0.25) is 5.02 Å². The molecule has 10 heteroatoms. The average Bonchev–Trinajstić information content (AvgIpc) is 2.90. The molecule has 2 heterocycles. The average molecular weight is 544 g/mol. The molecule has 1 fully saturated rings. The molecule has 0 spiro atoms. The number of phenolic OH excluding ortho intramolecular Hbond substituents is 1. The van der Waals surface area contributed by atoms with Gasteiger partial charge in [0.1, 0.15) is 5.75 Å². The number of para-hydroxylation sites is 1. The van der Waals surface area contributed by atoms with Gasteiger partial charge in [-0.25, -0.2) is 0 Å². The standard InChI is InChI=1S/C28H25ClF3N3O3/c1-37-25-4-2-3-22(27(25)36)26(18-5-8-20(9-6-18)38-28(30,31)32)35-15-13-34(14-16-35)24-11-12-33-23-17-19(29)7-10-21(23)24/h2-12,17,26,36H,13-16H2,1H3. The van der Waals surface area contributed by atoms with E-state index < -0.39 is 12.4 Å². The van der Waals surface area contributed by atoms with Crippen LogP contribution in [0.3, 0.4) is 0 Å². The highest BCUT2D eigenvalue weighted by atomic mass is 35.5. The number of ether oxygens (including phenoxy) is 2. The number of fused-ring (bicyclic) bond motifs is 1. The van der Waals surface area contributed by atoms with Crippen LogP contribution in [0.4, 0.5) is 18.9 Å². The minimum Gasteiger partial charge on any atom is -0.504 e. The van der Waals surface area contributed by atoms with Crippen molar-refractivity contribution in [2.24, 2.45) is 0 Å². The zero-order valence-corrected chi connectivity index (χ0v) is 21.2. The molecule has 0 aliphatic carbocycles. The summed E-state index contributed by atoms with van der Waals surface area (Å²) in [5.74, 6) is 0.0180. The minimum absolute atomic E-state index is 0.00458. The van der Waals surface area contributed by atoms with Crippen molar-refractivity contribution in [3.63, 3.8) is 0 Å². The molecular weight excluding hydrogens is 519 g/mol. The molecule has 1 unspecified atom stereocenters. The predicted molar refractivity (Wildman–Crippen MR) is 140 cm³/mol. The highest BCUT2D eigenvalue weighted by molar-refractivity contribution is 6.31. The third-order valence-corrected chi connectivity index (χ3v) is 6.91. The van der Waals surface area contributed by atoms with Gasteiger partial charge in [0.25, 0.3) is 0 Å². The summed E-state index contributed by atoms with van der Waals surface area (Å²) in [5, 5.41) is 12.6. The van der Waals surface area contributed by atoms with Crippen molar-refractivity contribution in [1.29, 1.82) is 0 Å². The van der Waals surface area contributed by atoms with Crippen molar-refractivity contribution in [1.82, 2.24) is 9.88 Å². The second kappa shape index (κ2) is 10.6. The molecule has 198 valence electrons. The number of benzene rings is 3. The largest absolute Gasteiger partial charge is 0.573 e. The Balaban J connectivity index is 1.44. The van der Waals surface area contributed by atoms with Crippen LogP contribution in [0.25, 0.3) is 10.9 Å². The highest BCUT2D eigenvalue weighted by Gasteiger charge is 2.32. The highest BCUT2D eigenvalue weighted by Crippen LogP contribution is 2.40. The Labute approximate surface area is 222 Å². The molecule has 1 aromatic heterocycles. The number of aromatic nitrogens is 1. The zero-order chi connectivity index (χ0) is 26.9. The van der Waals surface area contributed by atoms with Gasteiger partial charge in [0.15, 0.2) is 11.5 Å². The number of hydrogen-bond donors (Lipinski definition) is 1. The van der Waals surface area contributed by atoms with Crippen LogP contribution in [0.1, 0.15) is 17.2 Å². The van der Waals surface area contributed by atoms with Gasteiger partial charge in [-0.2, -0.15) is 0 Å². The van der Waals surface area contributed by atoms with Gasteiger partial charge < -0.3 is 19.5 Å². The van der Waals surface area contributed by atoms with Crippen LogP contribution in [0.15, 0.2) is 72.9 Å². The zero-order valence-electron chi connectivity index (χ0n) is 20.5. The van der Waals surface area contributed by atoms with Crippen molar-refractivity contribution in [3.05, 3.63) is 89.1 Å². The van der Waals surface area contributed by atoms with Gasteiger partial charge in [-0.15, -0.1) is 13.2 Å². The van der Waals surface area contributed by atoms with E-state index in [0.29, 0.717) is 42.5 Å². The number of aromatic hydroxyl groups is 1. The second-order valence-corrected chi connectivity index (χ2v) is 9.37. The molecule has 38 heavy (non-hydrogen) atoms. The van der Waals surface area contributed by atoms with Crippen molar-refractivity contribution in [3.8, 4) is 17.2 Å². The molecule has 1 aliphatic heterocycles. The number of anilines is 1. The maximum Gasteiger partial charge on any atom is 0.573 e. The maximum atomic E-state index is 12.7. The van der Waals surface area contributed by atoms with Crippen molar-refractivity contribution >= 4 is 28.2 Å². The number of pyridine rings is 1. The van der Waals surface area contributed by atoms with Gasteiger partial charge in [-0.05, 0) is 48.0 Å². The summed E-state index contributed by atoms with van der Waals surface area (Å²) in [4.78, 5) is 8.91. The second-order valence-electron chi connectivity index (χ2n) is 8.93. The predicted octanol–water partition coefficient (Wildman–Crippen LogP) is 6.41. The molecular formula is C28H25ClF3N3O3. The van der Waals surface area contributed by atoms with Crippen LogP contribution >= 0.6 is 11.6 Å². The number of piperazine rings is 1. The minimum atomic E-state index is -4.77. The van der Waals surface area contributed by atoms with Crippen molar-refractivity contribution in [2.75, 3.05) is 38.2 Å². The number of alkyl halides is 3. The van der Waals surface area contributed by atoms with Crippen molar-refractivity contribution < 1.29 is 27.8 Å². The molecule has 1 saturated heterocycles. The van der Waals surface area contributed by atoms with Crippen molar-refractivity contribution in [2.45, 2.75) is 12.4 Å². The molecule has 1 N–H and O–H groups in total. The van der Waals surface area contributed by atoms with Gasteiger partial charge in [0.2, 0.25) is 0 Å². The van der Waals surface area contributed by atoms with E-state index >= 15 is 0 Å². The molecule has 1 atom stereocenters. The molecule has 0 radical (unpaired) electrons. The summed E-state index contributed by atoms with van der Waals surface area (Å²) in [6.45, 7) is 2.66. The first kappa shape index (κ1) is 25.9. The Morgan fingerprint density at radius 2 is 1.71 bits per heavy atom. The van der Waals surface area contributed by atoms with Crippen LogP contribution in [0.5, 0.6) is 17.2 Å². The number of hydrogen-bond acceptors (Lipinski definition) is 6. The number of phenols is 1. The Hall–Kier alpha value is -3.69. The quantitative estimate of drug-likeness (QED) is 0.303. The van der Waals surface area contributed by atoms with E-state index in [1.807, 2.05) is 24.3 Å². The third-order valence-electron chi connectivity index (χ3n) is 6.68. The van der Waals surface area contributed by atoms with Crippen LogP contribution in [-0.4, -0.2) is 54.6 Å². The SMILES string of the molecule is COc1cccc(C(c2ccc(OC(F)(F)F)cc2)N2CCN(c3ccnc4cc(Cl)ccc34)CC2)c1O. The fraction of sp³-hybridized carbons (Fsp3) is 0.250. The number of halogens is 4. The normalized spacial score (nSPS) is 15.4. The first-order chi connectivity index (χ1) is 18.2.